The first-order valence-corrected chi connectivity index (χ1v) is 10.9. The van der Waals surface area contributed by atoms with E-state index in [-0.39, 0.29) is 17.8 Å². The minimum absolute atomic E-state index is 0.0366. The highest BCUT2D eigenvalue weighted by molar-refractivity contribution is 5.91. The number of alkyl halides is 3. The van der Waals surface area contributed by atoms with Crippen molar-refractivity contribution in [2.75, 3.05) is 43.3 Å². The molecule has 3 heterocycles. The monoisotopic (exact) mass is 476 g/mol. The minimum Gasteiger partial charge on any atom is -0.467 e. The molecule has 1 saturated heterocycles. The van der Waals surface area contributed by atoms with E-state index in [9.17, 15) is 13.2 Å². The molecule has 0 spiro atoms. The van der Waals surface area contributed by atoms with Crippen LogP contribution in [0.15, 0.2) is 30.5 Å². The average molecular weight is 477 g/mol. The molecule has 11 heteroatoms. The lowest BCUT2D eigenvalue weighted by molar-refractivity contribution is -0.137. The second-order valence-corrected chi connectivity index (χ2v) is 8.29. The molecule has 3 aromatic rings. The molecule has 0 bridgehead atoms. The van der Waals surface area contributed by atoms with Crippen LogP contribution in [-0.4, -0.2) is 48.4 Å². The Kier molecular flexibility index (Phi) is 6.65. The molecule has 1 fully saturated rings. The highest BCUT2D eigenvalue weighted by Crippen LogP contribution is 2.34. The number of hydrogen-bond acceptors (Lipinski definition) is 8. The number of hydrogen-bond donors (Lipinski definition) is 2. The first kappa shape index (κ1) is 23.8. The van der Waals surface area contributed by atoms with Gasteiger partial charge in [-0.1, -0.05) is 0 Å². The third-order valence-corrected chi connectivity index (χ3v) is 5.99. The van der Waals surface area contributed by atoms with Gasteiger partial charge in [-0.05, 0) is 49.6 Å². The summed E-state index contributed by atoms with van der Waals surface area (Å²) in [5.41, 5.74) is 5.93. The normalized spacial score (nSPS) is 16.0. The SMILES string of the molecule is COc1nc(NC(C)c2cc(N)cc(C(F)(F)F)c2)c2cc(N3CCC(OC)CC3)ncc2n1. The number of nitrogens with zero attached hydrogens (tertiary/aromatic N) is 4. The number of pyridine rings is 1. The fourth-order valence-electron chi connectivity index (χ4n) is 4.07. The fraction of sp³-hybridized carbons (Fsp3) is 0.435. The zero-order chi connectivity index (χ0) is 24.5. The Morgan fingerprint density at radius 3 is 2.50 bits per heavy atom. The summed E-state index contributed by atoms with van der Waals surface area (Å²) in [6.07, 6.45) is -0.814. The van der Waals surface area contributed by atoms with E-state index in [1.807, 2.05) is 6.07 Å². The van der Waals surface area contributed by atoms with E-state index in [4.69, 9.17) is 15.2 Å². The van der Waals surface area contributed by atoms with Crippen LogP contribution in [0.3, 0.4) is 0 Å². The van der Waals surface area contributed by atoms with Crippen molar-refractivity contribution >= 4 is 28.2 Å². The number of nitrogens with one attached hydrogen (secondary N) is 1. The molecule has 0 aliphatic carbocycles. The maximum Gasteiger partial charge on any atom is 0.416 e. The molecule has 8 nitrogen and oxygen atoms in total. The lowest BCUT2D eigenvalue weighted by Crippen LogP contribution is -2.37. The summed E-state index contributed by atoms with van der Waals surface area (Å²) < 4.78 is 50.5. The smallest absolute Gasteiger partial charge is 0.416 e. The molecule has 2 aromatic heterocycles. The van der Waals surface area contributed by atoms with Crippen LogP contribution in [0.2, 0.25) is 0 Å². The first-order chi connectivity index (χ1) is 16.2. The molecule has 0 radical (unpaired) electrons. The first-order valence-electron chi connectivity index (χ1n) is 10.9. The Bertz CT molecular complexity index is 1170. The molecule has 3 N–H and O–H groups in total. The second-order valence-electron chi connectivity index (χ2n) is 8.29. The summed E-state index contributed by atoms with van der Waals surface area (Å²) in [6.45, 7) is 3.35. The van der Waals surface area contributed by atoms with Gasteiger partial charge in [0.25, 0.3) is 0 Å². The van der Waals surface area contributed by atoms with Crippen LogP contribution in [0.4, 0.5) is 30.5 Å². The van der Waals surface area contributed by atoms with Crippen molar-refractivity contribution < 1.29 is 22.6 Å². The van der Waals surface area contributed by atoms with Gasteiger partial charge in [0.05, 0.1) is 36.5 Å². The van der Waals surface area contributed by atoms with E-state index in [2.05, 4.69) is 25.2 Å². The van der Waals surface area contributed by atoms with Crippen LogP contribution in [0, 0.1) is 0 Å². The molecule has 1 unspecified atom stereocenters. The zero-order valence-electron chi connectivity index (χ0n) is 19.2. The highest BCUT2D eigenvalue weighted by atomic mass is 19.4. The third kappa shape index (κ3) is 5.09. The van der Waals surface area contributed by atoms with Crippen molar-refractivity contribution in [3.63, 3.8) is 0 Å². The van der Waals surface area contributed by atoms with Gasteiger partial charge in [-0.25, -0.2) is 4.98 Å². The Balaban J connectivity index is 1.68. The molecule has 1 aliphatic heterocycles. The van der Waals surface area contributed by atoms with Gasteiger partial charge in [-0.15, -0.1) is 0 Å². The predicted molar refractivity (Wildman–Crippen MR) is 124 cm³/mol. The van der Waals surface area contributed by atoms with Crippen LogP contribution in [0.25, 0.3) is 10.9 Å². The van der Waals surface area contributed by atoms with Gasteiger partial charge in [0, 0.05) is 31.3 Å². The van der Waals surface area contributed by atoms with E-state index < -0.39 is 17.8 Å². The fourth-order valence-corrected chi connectivity index (χ4v) is 4.07. The molecule has 4 rings (SSSR count). The van der Waals surface area contributed by atoms with Gasteiger partial charge in [-0.3, -0.25) is 0 Å². The number of benzene rings is 1. The molecular weight excluding hydrogens is 449 g/mol. The number of nitrogens with two attached hydrogens (primary N) is 1. The van der Waals surface area contributed by atoms with Gasteiger partial charge < -0.3 is 25.4 Å². The maximum atomic E-state index is 13.3. The van der Waals surface area contributed by atoms with Gasteiger partial charge >= 0.3 is 12.2 Å². The number of anilines is 3. The summed E-state index contributed by atoms with van der Waals surface area (Å²) >= 11 is 0. The lowest BCUT2D eigenvalue weighted by atomic mass is 10.0. The lowest BCUT2D eigenvalue weighted by Gasteiger charge is -2.32. The Labute approximate surface area is 195 Å². The molecule has 0 amide bonds. The van der Waals surface area contributed by atoms with E-state index in [0.717, 1.165) is 43.9 Å². The van der Waals surface area contributed by atoms with Gasteiger partial charge in [-0.2, -0.15) is 23.1 Å². The summed E-state index contributed by atoms with van der Waals surface area (Å²) in [5, 5.41) is 3.89. The molecule has 1 aromatic carbocycles. The van der Waals surface area contributed by atoms with Crippen molar-refractivity contribution in [3.8, 4) is 6.01 Å². The van der Waals surface area contributed by atoms with Crippen LogP contribution in [-0.2, 0) is 10.9 Å². The van der Waals surface area contributed by atoms with Gasteiger partial charge in [0.15, 0.2) is 0 Å². The molecular formula is C23H27F3N6O2. The van der Waals surface area contributed by atoms with E-state index >= 15 is 0 Å². The van der Waals surface area contributed by atoms with Crippen molar-refractivity contribution in [2.24, 2.45) is 0 Å². The molecule has 34 heavy (non-hydrogen) atoms. The third-order valence-electron chi connectivity index (χ3n) is 5.99. The van der Waals surface area contributed by atoms with E-state index in [1.54, 1.807) is 20.2 Å². The quantitative estimate of drug-likeness (QED) is 0.505. The second kappa shape index (κ2) is 9.49. The van der Waals surface area contributed by atoms with Crippen molar-refractivity contribution in [1.29, 1.82) is 0 Å². The van der Waals surface area contributed by atoms with Crippen LogP contribution < -0.4 is 20.7 Å². The average Bonchev–Trinajstić information content (AvgIpc) is 2.82. The number of methoxy groups -OCH3 is 2. The number of halogens is 3. The number of nitrogen functional groups attached to an aromatic ring is 1. The highest BCUT2D eigenvalue weighted by Gasteiger charge is 2.31. The molecule has 1 aliphatic rings. The largest absolute Gasteiger partial charge is 0.467 e. The number of rotatable bonds is 6. The Hall–Kier alpha value is -3.34. The van der Waals surface area contributed by atoms with Crippen molar-refractivity contribution in [3.05, 3.63) is 41.6 Å². The Morgan fingerprint density at radius 2 is 1.85 bits per heavy atom. The number of aromatic nitrogens is 3. The summed E-state index contributed by atoms with van der Waals surface area (Å²) in [4.78, 5) is 15.5. The number of ether oxygens (including phenoxy) is 2. The Morgan fingerprint density at radius 1 is 1.12 bits per heavy atom. The topological polar surface area (TPSA) is 98.4 Å². The summed E-state index contributed by atoms with van der Waals surface area (Å²) in [5.74, 6) is 1.20. The number of fused-ring (bicyclic) bond motifs is 1. The van der Waals surface area contributed by atoms with Crippen LogP contribution in [0.1, 0.15) is 36.9 Å². The molecule has 1 atom stereocenters. The summed E-state index contributed by atoms with van der Waals surface area (Å²) in [7, 11) is 3.17. The number of piperidine rings is 1. The zero-order valence-corrected chi connectivity index (χ0v) is 19.2. The van der Waals surface area contributed by atoms with E-state index in [0.29, 0.717) is 22.3 Å². The van der Waals surface area contributed by atoms with E-state index in [1.165, 1.54) is 13.2 Å². The maximum absolute atomic E-state index is 13.3. The standard InChI is InChI=1S/C23H27F3N6O2/c1-13(14-8-15(23(24,25)26)10-16(27)9-14)29-21-18-11-20(32-6-4-17(33-2)5-7-32)28-12-19(18)30-22(31-21)34-3/h8-13,17H,4-7,27H2,1-3H3,(H,29,30,31). The molecule has 0 saturated carbocycles. The summed E-state index contributed by atoms with van der Waals surface area (Å²) in [6, 6.07) is 5.01. The van der Waals surface area contributed by atoms with Gasteiger partial charge in [0.1, 0.15) is 11.6 Å². The van der Waals surface area contributed by atoms with Crippen LogP contribution >= 0.6 is 0 Å². The van der Waals surface area contributed by atoms with Gasteiger partial charge in [0.2, 0.25) is 0 Å². The predicted octanol–water partition coefficient (Wildman–Crippen LogP) is 4.42. The minimum atomic E-state index is -4.49. The van der Waals surface area contributed by atoms with Crippen molar-refractivity contribution in [2.45, 2.75) is 38.1 Å². The van der Waals surface area contributed by atoms with Crippen LogP contribution in [0.5, 0.6) is 6.01 Å². The molecule has 182 valence electrons. The van der Waals surface area contributed by atoms with Crippen molar-refractivity contribution in [1.82, 2.24) is 15.0 Å².